The summed E-state index contributed by atoms with van der Waals surface area (Å²) in [6, 6.07) is 1.68. The lowest BCUT2D eigenvalue weighted by molar-refractivity contribution is 0.0720. The van der Waals surface area contributed by atoms with Gasteiger partial charge in [-0.25, -0.2) is 0 Å². The summed E-state index contributed by atoms with van der Waals surface area (Å²) >= 11 is 1.36. The molecule has 2 rings (SSSR count). The first-order chi connectivity index (χ1) is 9.22. The largest absolute Gasteiger partial charge is 0.391 e. The van der Waals surface area contributed by atoms with Gasteiger partial charge in [0.1, 0.15) is 4.88 Å². The third-order valence-electron chi connectivity index (χ3n) is 3.24. The number of amides is 1. The molecule has 2 atom stereocenters. The van der Waals surface area contributed by atoms with Crippen molar-refractivity contribution in [2.24, 2.45) is 5.73 Å². The summed E-state index contributed by atoms with van der Waals surface area (Å²) in [6.07, 6.45) is 3.24. The molecule has 0 spiro atoms. The molecule has 2 unspecified atom stereocenters. The first-order valence-corrected chi connectivity index (χ1v) is 7.35. The van der Waals surface area contributed by atoms with Crippen LogP contribution in [0.4, 0.5) is 0 Å². The third-order valence-corrected chi connectivity index (χ3v) is 4.16. The van der Waals surface area contributed by atoms with Crippen molar-refractivity contribution >= 4 is 17.2 Å². The molecular formula is C14H18N2O2S. The molecule has 1 aliphatic rings. The Morgan fingerprint density at radius 3 is 3.05 bits per heavy atom. The van der Waals surface area contributed by atoms with Gasteiger partial charge in [-0.2, -0.15) is 0 Å². The predicted molar refractivity (Wildman–Crippen MR) is 76.0 cm³/mol. The van der Waals surface area contributed by atoms with Crippen LogP contribution in [0, 0.1) is 11.8 Å². The first kappa shape index (κ1) is 14.1. The van der Waals surface area contributed by atoms with Gasteiger partial charge in [-0.05, 0) is 24.3 Å². The number of carbonyl (C=O) groups excluding carboxylic acids is 1. The fraction of sp³-hybridized carbons (Fsp3) is 0.500. The molecule has 1 aromatic heterocycles. The second-order valence-corrected chi connectivity index (χ2v) is 5.52. The van der Waals surface area contributed by atoms with Crippen molar-refractivity contribution in [3.8, 4) is 11.8 Å². The van der Waals surface area contributed by atoms with Crippen LogP contribution in [0.1, 0.15) is 40.9 Å². The van der Waals surface area contributed by atoms with Crippen molar-refractivity contribution in [3.63, 3.8) is 0 Å². The molecule has 1 amide bonds. The highest BCUT2D eigenvalue weighted by Gasteiger charge is 2.25. The Hall–Kier alpha value is -1.35. The molecule has 4 nitrogen and oxygen atoms in total. The standard InChI is InChI=1S/C14H18N2O2S/c15-8-3-4-10-7-9-19-13(10)14(18)16-11-5-1-2-6-12(11)17/h7,9,11-12,17H,1-2,5-6,8,15H2,(H,16,18). The summed E-state index contributed by atoms with van der Waals surface area (Å²) in [5.74, 6) is 5.50. The van der Waals surface area contributed by atoms with Gasteiger partial charge < -0.3 is 16.2 Å². The van der Waals surface area contributed by atoms with Gasteiger partial charge in [0.15, 0.2) is 0 Å². The van der Waals surface area contributed by atoms with Crippen molar-refractivity contribution in [2.45, 2.75) is 37.8 Å². The fourth-order valence-electron chi connectivity index (χ4n) is 2.24. The highest BCUT2D eigenvalue weighted by Crippen LogP contribution is 2.20. The number of hydrogen-bond acceptors (Lipinski definition) is 4. The highest BCUT2D eigenvalue weighted by atomic mass is 32.1. The van der Waals surface area contributed by atoms with Crippen LogP contribution in [-0.4, -0.2) is 29.7 Å². The van der Waals surface area contributed by atoms with E-state index in [0.717, 1.165) is 25.7 Å². The third kappa shape index (κ3) is 3.57. The van der Waals surface area contributed by atoms with E-state index >= 15 is 0 Å². The maximum atomic E-state index is 12.2. The Labute approximate surface area is 117 Å². The number of aliphatic hydroxyl groups excluding tert-OH is 1. The molecule has 1 aromatic rings. The average molecular weight is 278 g/mol. The zero-order valence-electron chi connectivity index (χ0n) is 10.7. The molecule has 1 heterocycles. The van der Waals surface area contributed by atoms with Crippen LogP contribution in [0.15, 0.2) is 11.4 Å². The Morgan fingerprint density at radius 2 is 2.32 bits per heavy atom. The number of hydrogen-bond donors (Lipinski definition) is 3. The Morgan fingerprint density at radius 1 is 1.53 bits per heavy atom. The molecule has 1 aliphatic carbocycles. The van der Waals surface area contributed by atoms with Crippen molar-refractivity contribution in [3.05, 3.63) is 21.9 Å². The lowest BCUT2D eigenvalue weighted by atomic mass is 9.92. The summed E-state index contributed by atoms with van der Waals surface area (Å²) in [5.41, 5.74) is 6.04. The van der Waals surface area contributed by atoms with Gasteiger partial charge in [0, 0.05) is 5.56 Å². The minimum Gasteiger partial charge on any atom is -0.391 e. The SMILES string of the molecule is NCC#Cc1ccsc1C(=O)NC1CCCCC1O. The molecule has 19 heavy (non-hydrogen) atoms. The Bertz CT molecular complexity index is 501. The molecule has 0 bridgehead atoms. The van der Waals surface area contributed by atoms with Crippen LogP contribution in [0.3, 0.4) is 0 Å². The number of thiophene rings is 1. The van der Waals surface area contributed by atoms with E-state index in [1.165, 1.54) is 11.3 Å². The van der Waals surface area contributed by atoms with Crippen LogP contribution < -0.4 is 11.1 Å². The Balaban J connectivity index is 2.05. The zero-order valence-corrected chi connectivity index (χ0v) is 11.5. The maximum absolute atomic E-state index is 12.2. The predicted octanol–water partition coefficient (Wildman–Crippen LogP) is 1.09. The lowest BCUT2D eigenvalue weighted by Crippen LogP contribution is -2.45. The molecular weight excluding hydrogens is 260 g/mol. The summed E-state index contributed by atoms with van der Waals surface area (Å²) < 4.78 is 0. The molecule has 5 heteroatoms. The van der Waals surface area contributed by atoms with E-state index in [0.29, 0.717) is 10.4 Å². The molecule has 1 saturated carbocycles. The summed E-state index contributed by atoms with van der Waals surface area (Å²) in [7, 11) is 0. The molecule has 0 aromatic carbocycles. The average Bonchev–Trinajstić information content (AvgIpc) is 2.87. The van der Waals surface area contributed by atoms with Gasteiger partial charge >= 0.3 is 0 Å². The van der Waals surface area contributed by atoms with E-state index in [9.17, 15) is 9.90 Å². The molecule has 0 radical (unpaired) electrons. The lowest BCUT2D eigenvalue weighted by Gasteiger charge is -2.28. The van der Waals surface area contributed by atoms with E-state index in [2.05, 4.69) is 17.2 Å². The quantitative estimate of drug-likeness (QED) is 0.709. The van der Waals surface area contributed by atoms with E-state index in [-0.39, 0.29) is 18.5 Å². The van der Waals surface area contributed by atoms with Crippen molar-refractivity contribution in [2.75, 3.05) is 6.54 Å². The molecule has 0 aliphatic heterocycles. The van der Waals surface area contributed by atoms with E-state index in [1.54, 1.807) is 0 Å². The normalized spacial score (nSPS) is 22.4. The van der Waals surface area contributed by atoms with Crippen LogP contribution in [0.2, 0.25) is 0 Å². The van der Waals surface area contributed by atoms with Gasteiger partial charge in [0.25, 0.3) is 5.91 Å². The van der Waals surface area contributed by atoms with Crippen LogP contribution in [0.5, 0.6) is 0 Å². The second-order valence-electron chi connectivity index (χ2n) is 4.60. The molecule has 102 valence electrons. The van der Waals surface area contributed by atoms with Crippen LogP contribution >= 0.6 is 11.3 Å². The maximum Gasteiger partial charge on any atom is 0.262 e. The molecule has 4 N–H and O–H groups in total. The monoisotopic (exact) mass is 278 g/mol. The number of carbonyl (C=O) groups is 1. The van der Waals surface area contributed by atoms with Crippen LogP contribution in [0.25, 0.3) is 0 Å². The smallest absolute Gasteiger partial charge is 0.262 e. The van der Waals surface area contributed by atoms with Gasteiger partial charge in [-0.1, -0.05) is 24.7 Å². The second kappa shape index (κ2) is 6.71. The fourth-order valence-corrected chi connectivity index (χ4v) is 3.00. The topological polar surface area (TPSA) is 75.4 Å². The summed E-state index contributed by atoms with van der Waals surface area (Å²) in [6.45, 7) is 0.276. The zero-order chi connectivity index (χ0) is 13.7. The first-order valence-electron chi connectivity index (χ1n) is 6.47. The van der Waals surface area contributed by atoms with E-state index in [4.69, 9.17) is 5.73 Å². The van der Waals surface area contributed by atoms with Crippen molar-refractivity contribution < 1.29 is 9.90 Å². The number of rotatable bonds is 2. The van der Waals surface area contributed by atoms with Gasteiger partial charge in [-0.3, -0.25) is 4.79 Å². The highest BCUT2D eigenvalue weighted by molar-refractivity contribution is 7.12. The molecule has 0 saturated heterocycles. The van der Waals surface area contributed by atoms with Crippen molar-refractivity contribution in [1.29, 1.82) is 0 Å². The minimum absolute atomic E-state index is 0.140. The van der Waals surface area contributed by atoms with Gasteiger partial charge in [0.05, 0.1) is 18.7 Å². The number of aliphatic hydroxyl groups is 1. The van der Waals surface area contributed by atoms with Crippen molar-refractivity contribution in [1.82, 2.24) is 5.32 Å². The number of nitrogens with two attached hydrogens (primary N) is 1. The van der Waals surface area contributed by atoms with E-state index in [1.807, 2.05) is 11.4 Å². The van der Waals surface area contributed by atoms with Gasteiger partial charge in [-0.15, -0.1) is 11.3 Å². The molecule has 1 fully saturated rings. The number of nitrogens with one attached hydrogen (secondary N) is 1. The van der Waals surface area contributed by atoms with Gasteiger partial charge in [0.2, 0.25) is 0 Å². The Kier molecular flexibility index (Phi) is 4.97. The minimum atomic E-state index is -0.434. The van der Waals surface area contributed by atoms with E-state index < -0.39 is 6.10 Å². The summed E-state index contributed by atoms with van der Waals surface area (Å²) in [4.78, 5) is 12.8. The summed E-state index contributed by atoms with van der Waals surface area (Å²) in [5, 5.41) is 14.6. The van der Waals surface area contributed by atoms with Crippen LogP contribution in [-0.2, 0) is 0 Å².